The fraction of sp³-hybridized carbons (Fsp3) is 0.111. The maximum Gasteiger partial charge on any atom is 0.273 e. The Kier molecular flexibility index (Phi) is 4.49. The summed E-state index contributed by atoms with van der Waals surface area (Å²) in [5.41, 5.74) is 2.75. The number of carbonyl (C=O) groups is 1. The van der Waals surface area contributed by atoms with E-state index in [-0.39, 0.29) is 18.2 Å². The van der Waals surface area contributed by atoms with Crippen LogP contribution in [0.5, 0.6) is 0 Å². The van der Waals surface area contributed by atoms with Crippen molar-refractivity contribution in [1.29, 1.82) is 0 Å². The van der Waals surface area contributed by atoms with Gasteiger partial charge in [0.15, 0.2) is 11.5 Å². The van der Waals surface area contributed by atoms with Crippen molar-refractivity contribution in [2.24, 2.45) is 0 Å². The van der Waals surface area contributed by atoms with Crippen molar-refractivity contribution in [3.63, 3.8) is 0 Å². The second kappa shape index (κ2) is 6.89. The van der Waals surface area contributed by atoms with E-state index in [4.69, 9.17) is 4.52 Å². The molecule has 2 aromatic carbocycles. The molecule has 5 nitrogen and oxygen atoms in total. The number of amides is 1. The maximum absolute atomic E-state index is 12.2. The number of nitrogens with one attached hydrogen (secondary N) is 1. The topological polar surface area (TPSA) is 75.4 Å². The van der Waals surface area contributed by atoms with E-state index in [1.54, 1.807) is 6.07 Å². The molecular weight excluding hydrogens is 292 g/mol. The highest BCUT2D eigenvalue weighted by Crippen LogP contribution is 2.19. The van der Waals surface area contributed by atoms with Gasteiger partial charge in [0.1, 0.15) is 0 Å². The first kappa shape index (κ1) is 15.0. The molecule has 0 radical (unpaired) electrons. The number of aromatic nitrogens is 1. The number of nitrogens with zero attached hydrogens (tertiary/aromatic N) is 1. The summed E-state index contributed by atoms with van der Waals surface area (Å²) in [6, 6.07) is 18.5. The lowest BCUT2D eigenvalue weighted by Gasteiger charge is -2.07. The summed E-state index contributed by atoms with van der Waals surface area (Å²) < 4.78 is 5.22. The molecule has 0 aliphatic rings. The molecule has 1 amide bonds. The molecule has 0 saturated heterocycles. The average Bonchev–Trinajstić information content (AvgIpc) is 3.11. The van der Waals surface area contributed by atoms with E-state index < -0.39 is 0 Å². The van der Waals surface area contributed by atoms with Gasteiger partial charge in [-0.3, -0.25) is 4.79 Å². The zero-order valence-corrected chi connectivity index (χ0v) is 12.4. The molecule has 0 aliphatic carbocycles. The van der Waals surface area contributed by atoms with Crippen LogP contribution in [0.3, 0.4) is 0 Å². The Bertz CT molecular complexity index is 797. The van der Waals surface area contributed by atoms with Crippen LogP contribution < -0.4 is 5.32 Å². The van der Waals surface area contributed by atoms with Crippen molar-refractivity contribution in [2.75, 3.05) is 0 Å². The minimum absolute atomic E-state index is 0.0613. The first-order valence-electron chi connectivity index (χ1n) is 7.26. The van der Waals surface area contributed by atoms with Gasteiger partial charge in [0.2, 0.25) is 0 Å². The molecule has 5 heteroatoms. The Labute approximate surface area is 133 Å². The summed E-state index contributed by atoms with van der Waals surface area (Å²) in [4.78, 5) is 12.2. The van der Waals surface area contributed by atoms with Crippen LogP contribution in [0.2, 0.25) is 0 Å². The number of aliphatic hydroxyl groups is 1. The first-order chi connectivity index (χ1) is 11.3. The van der Waals surface area contributed by atoms with Gasteiger partial charge in [-0.25, -0.2) is 0 Å². The van der Waals surface area contributed by atoms with Crippen molar-refractivity contribution in [1.82, 2.24) is 10.5 Å². The Hall–Kier alpha value is -2.92. The normalized spacial score (nSPS) is 10.5. The summed E-state index contributed by atoms with van der Waals surface area (Å²) in [7, 11) is 0. The highest BCUT2D eigenvalue weighted by Gasteiger charge is 2.13. The molecule has 3 aromatic rings. The van der Waals surface area contributed by atoms with Gasteiger partial charge in [-0.05, 0) is 11.1 Å². The first-order valence-corrected chi connectivity index (χ1v) is 7.26. The van der Waals surface area contributed by atoms with Crippen molar-refractivity contribution < 1.29 is 14.4 Å². The maximum atomic E-state index is 12.2. The van der Waals surface area contributed by atoms with Crippen LogP contribution in [0, 0.1) is 0 Å². The zero-order valence-electron chi connectivity index (χ0n) is 12.4. The van der Waals surface area contributed by atoms with Crippen LogP contribution in [0.4, 0.5) is 0 Å². The number of benzene rings is 2. The van der Waals surface area contributed by atoms with Gasteiger partial charge in [0, 0.05) is 18.2 Å². The SMILES string of the molecule is O=C(NCc1ccccc1CO)c1cc(-c2ccccc2)on1. The van der Waals surface area contributed by atoms with Crippen LogP contribution in [0.15, 0.2) is 65.2 Å². The average molecular weight is 308 g/mol. The second-order valence-electron chi connectivity index (χ2n) is 5.05. The van der Waals surface area contributed by atoms with Crippen LogP contribution in [0.25, 0.3) is 11.3 Å². The van der Waals surface area contributed by atoms with Crippen LogP contribution in [0.1, 0.15) is 21.6 Å². The minimum atomic E-state index is -0.316. The van der Waals surface area contributed by atoms with E-state index in [9.17, 15) is 9.90 Å². The van der Waals surface area contributed by atoms with E-state index in [1.165, 1.54) is 0 Å². The molecule has 0 fully saturated rings. The molecule has 23 heavy (non-hydrogen) atoms. The summed E-state index contributed by atoms with van der Waals surface area (Å²) >= 11 is 0. The Morgan fingerprint density at radius 3 is 2.48 bits per heavy atom. The highest BCUT2D eigenvalue weighted by atomic mass is 16.5. The van der Waals surface area contributed by atoms with E-state index in [2.05, 4.69) is 10.5 Å². The van der Waals surface area contributed by atoms with Gasteiger partial charge < -0.3 is 14.9 Å². The molecule has 0 saturated carbocycles. The number of carbonyl (C=O) groups excluding carboxylic acids is 1. The number of rotatable bonds is 5. The van der Waals surface area contributed by atoms with Gasteiger partial charge in [-0.2, -0.15) is 0 Å². The summed E-state index contributed by atoms with van der Waals surface area (Å²) in [5.74, 6) is 0.232. The minimum Gasteiger partial charge on any atom is -0.392 e. The lowest BCUT2D eigenvalue weighted by atomic mass is 10.1. The molecule has 0 atom stereocenters. The second-order valence-corrected chi connectivity index (χ2v) is 5.05. The standard InChI is InChI=1S/C18H16N2O3/c21-12-15-9-5-4-8-14(15)11-19-18(22)16-10-17(23-20-16)13-6-2-1-3-7-13/h1-10,21H,11-12H2,(H,19,22). The third-order valence-corrected chi connectivity index (χ3v) is 3.53. The van der Waals surface area contributed by atoms with E-state index >= 15 is 0 Å². The van der Waals surface area contributed by atoms with Gasteiger partial charge in [0.05, 0.1) is 6.61 Å². The molecule has 116 valence electrons. The third-order valence-electron chi connectivity index (χ3n) is 3.53. The third kappa shape index (κ3) is 3.46. The fourth-order valence-electron chi connectivity index (χ4n) is 2.27. The highest BCUT2D eigenvalue weighted by molar-refractivity contribution is 5.93. The van der Waals surface area contributed by atoms with E-state index in [0.29, 0.717) is 12.3 Å². The molecule has 0 bridgehead atoms. The molecule has 3 rings (SSSR count). The van der Waals surface area contributed by atoms with Crippen molar-refractivity contribution >= 4 is 5.91 Å². The van der Waals surface area contributed by atoms with Gasteiger partial charge in [-0.1, -0.05) is 59.8 Å². The van der Waals surface area contributed by atoms with Crippen LogP contribution in [-0.2, 0) is 13.2 Å². The largest absolute Gasteiger partial charge is 0.392 e. The smallest absolute Gasteiger partial charge is 0.273 e. The van der Waals surface area contributed by atoms with Crippen molar-refractivity contribution in [3.8, 4) is 11.3 Å². The summed E-state index contributed by atoms with van der Waals surface area (Å²) in [5, 5.41) is 15.9. The van der Waals surface area contributed by atoms with Crippen LogP contribution in [-0.4, -0.2) is 16.2 Å². The molecule has 1 aromatic heterocycles. The van der Waals surface area contributed by atoms with Crippen LogP contribution >= 0.6 is 0 Å². The molecule has 0 unspecified atom stereocenters. The predicted octanol–water partition coefficient (Wildman–Crippen LogP) is 2.76. The number of aliphatic hydroxyl groups excluding tert-OH is 1. The zero-order chi connectivity index (χ0) is 16.1. The predicted molar refractivity (Wildman–Crippen MR) is 85.5 cm³/mol. The van der Waals surface area contributed by atoms with Gasteiger partial charge in [0.25, 0.3) is 5.91 Å². The van der Waals surface area contributed by atoms with Crippen molar-refractivity contribution in [3.05, 3.63) is 77.5 Å². The molecular formula is C18H16N2O3. The summed E-state index contributed by atoms with van der Waals surface area (Å²) in [6.07, 6.45) is 0. The van der Waals surface area contributed by atoms with E-state index in [0.717, 1.165) is 16.7 Å². The molecule has 0 aliphatic heterocycles. The van der Waals surface area contributed by atoms with E-state index in [1.807, 2.05) is 54.6 Å². The Morgan fingerprint density at radius 2 is 1.74 bits per heavy atom. The Morgan fingerprint density at radius 1 is 1.04 bits per heavy atom. The lowest BCUT2D eigenvalue weighted by molar-refractivity contribution is 0.0941. The molecule has 0 spiro atoms. The quantitative estimate of drug-likeness (QED) is 0.760. The Balaban J connectivity index is 1.68. The lowest BCUT2D eigenvalue weighted by Crippen LogP contribution is -2.23. The van der Waals surface area contributed by atoms with Crippen molar-refractivity contribution in [2.45, 2.75) is 13.2 Å². The van der Waals surface area contributed by atoms with Gasteiger partial charge >= 0.3 is 0 Å². The summed E-state index contributed by atoms with van der Waals surface area (Å²) in [6.45, 7) is 0.261. The number of hydrogen-bond acceptors (Lipinski definition) is 4. The number of hydrogen-bond donors (Lipinski definition) is 2. The van der Waals surface area contributed by atoms with Gasteiger partial charge in [-0.15, -0.1) is 0 Å². The molecule has 1 heterocycles. The fourth-order valence-corrected chi connectivity index (χ4v) is 2.27. The molecule has 2 N–H and O–H groups in total. The monoisotopic (exact) mass is 308 g/mol.